The highest BCUT2D eigenvalue weighted by Gasteiger charge is 2.66. The Hall–Kier alpha value is -1.10. The number of carbonyl (C=O) groups is 2. The summed E-state index contributed by atoms with van der Waals surface area (Å²) in [5.74, 6) is -1.74. The van der Waals surface area contributed by atoms with E-state index in [2.05, 4.69) is 11.8 Å². The smallest absolute Gasteiger partial charge is 0.307 e. The van der Waals surface area contributed by atoms with Gasteiger partial charge in [0.25, 0.3) is 0 Å². The summed E-state index contributed by atoms with van der Waals surface area (Å²) >= 11 is 0. The van der Waals surface area contributed by atoms with E-state index in [1.54, 1.807) is 4.90 Å². The number of nitrogens with zero attached hydrogens (tertiary/aromatic N) is 2. The molecule has 1 unspecified atom stereocenters. The van der Waals surface area contributed by atoms with Gasteiger partial charge in [0.1, 0.15) is 0 Å². The maximum atomic E-state index is 12.5. The zero-order valence-corrected chi connectivity index (χ0v) is 12.9. The minimum atomic E-state index is -0.849. The number of carbonyl (C=O) groups excluding carboxylic acids is 1. The van der Waals surface area contributed by atoms with Crippen molar-refractivity contribution in [2.24, 2.45) is 17.3 Å². The third-order valence-electron chi connectivity index (χ3n) is 5.13. The van der Waals surface area contributed by atoms with Gasteiger partial charge in [0.15, 0.2) is 0 Å². The molecule has 1 saturated carbocycles. The van der Waals surface area contributed by atoms with Gasteiger partial charge in [-0.15, -0.1) is 0 Å². The van der Waals surface area contributed by atoms with Crippen LogP contribution in [0.4, 0.5) is 0 Å². The fourth-order valence-electron chi connectivity index (χ4n) is 3.72. The second-order valence-electron chi connectivity index (χ2n) is 6.76. The average Bonchev–Trinajstić information content (AvgIpc) is 2.72. The lowest BCUT2D eigenvalue weighted by atomic mass is 10.1. The van der Waals surface area contributed by atoms with Crippen LogP contribution in [0.2, 0.25) is 0 Å². The van der Waals surface area contributed by atoms with E-state index in [0.717, 1.165) is 19.5 Å². The highest BCUT2D eigenvalue weighted by Crippen LogP contribution is 2.58. The van der Waals surface area contributed by atoms with Gasteiger partial charge in [-0.2, -0.15) is 0 Å². The number of amides is 1. The number of likely N-dealkylation sites (N-methyl/N-ethyl adjacent to an activating group) is 2. The van der Waals surface area contributed by atoms with Crippen LogP contribution >= 0.6 is 0 Å². The second kappa shape index (κ2) is 5.35. The van der Waals surface area contributed by atoms with Crippen molar-refractivity contribution >= 4 is 11.9 Å². The van der Waals surface area contributed by atoms with Gasteiger partial charge in [0, 0.05) is 19.6 Å². The molecule has 3 atom stereocenters. The Balaban J connectivity index is 1.95. The molecule has 1 aliphatic carbocycles. The zero-order valence-electron chi connectivity index (χ0n) is 12.9. The van der Waals surface area contributed by atoms with Crippen LogP contribution in [0.3, 0.4) is 0 Å². The van der Waals surface area contributed by atoms with E-state index in [0.29, 0.717) is 12.6 Å². The van der Waals surface area contributed by atoms with Crippen molar-refractivity contribution < 1.29 is 14.7 Å². The number of carboxylic acid groups (broad SMARTS) is 1. The second-order valence-corrected chi connectivity index (χ2v) is 6.76. The molecule has 0 aromatic carbocycles. The molecular weight excluding hydrogens is 256 g/mol. The van der Waals surface area contributed by atoms with Crippen LogP contribution in [0.25, 0.3) is 0 Å². The van der Waals surface area contributed by atoms with Crippen molar-refractivity contribution in [1.29, 1.82) is 0 Å². The Morgan fingerprint density at radius 3 is 2.50 bits per heavy atom. The molecule has 0 aromatic heterocycles. The molecule has 2 aliphatic rings. The van der Waals surface area contributed by atoms with E-state index in [-0.39, 0.29) is 11.8 Å². The molecule has 1 aliphatic heterocycles. The summed E-state index contributed by atoms with van der Waals surface area (Å²) in [4.78, 5) is 27.8. The molecule has 1 amide bonds. The van der Waals surface area contributed by atoms with Crippen LogP contribution < -0.4 is 0 Å². The highest BCUT2D eigenvalue weighted by atomic mass is 16.4. The van der Waals surface area contributed by atoms with Crippen molar-refractivity contribution in [3.63, 3.8) is 0 Å². The summed E-state index contributed by atoms with van der Waals surface area (Å²) in [7, 11) is 1.81. The topological polar surface area (TPSA) is 60.9 Å². The largest absolute Gasteiger partial charge is 0.481 e. The summed E-state index contributed by atoms with van der Waals surface area (Å²) in [6, 6.07) is 0.430. The maximum absolute atomic E-state index is 12.5. The molecule has 1 N–H and O–H groups in total. The molecule has 5 nitrogen and oxygen atoms in total. The monoisotopic (exact) mass is 282 g/mol. The number of rotatable bonds is 5. The van der Waals surface area contributed by atoms with E-state index in [1.807, 2.05) is 20.9 Å². The SMILES string of the molecule is CCN1CCCC1CN(C)C(=O)[C@H]1[C@@H](C(=O)O)C1(C)C. The minimum Gasteiger partial charge on any atom is -0.481 e. The number of hydrogen-bond acceptors (Lipinski definition) is 3. The van der Waals surface area contributed by atoms with E-state index in [1.165, 1.54) is 6.42 Å². The Labute approximate surface area is 120 Å². The van der Waals surface area contributed by atoms with Crippen LogP contribution in [-0.4, -0.2) is 59.5 Å². The summed E-state index contributed by atoms with van der Waals surface area (Å²) in [6.45, 7) is 8.72. The van der Waals surface area contributed by atoms with Gasteiger partial charge in [-0.05, 0) is 31.3 Å². The lowest BCUT2D eigenvalue weighted by Gasteiger charge is -2.28. The van der Waals surface area contributed by atoms with Crippen molar-refractivity contribution in [3.05, 3.63) is 0 Å². The number of hydrogen-bond donors (Lipinski definition) is 1. The number of carboxylic acids is 1. The molecular formula is C15H26N2O3. The van der Waals surface area contributed by atoms with E-state index in [9.17, 15) is 14.7 Å². The first-order valence-corrected chi connectivity index (χ1v) is 7.52. The van der Waals surface area contributed by atoms with Crippen molar-refractivity contribution in [1.82, 2.24) is 9.80 Å². The first kappa shape index (κ1) is 15.3. The van der Waals surface area contributed by atoms with Crippen LogP contribution in [0.5, 0.6) is 0 Å². The van der Waals surface area contributed by atoms with Gasteiger partial charge in [-0.3, -0.25) is 14.5 Å². The van der Waals surface area contributed by atoms with E-state index < -0.39 is 17.3 Å². The van der Waals surface area contributed by atoms with Crippen molar-refractivity contribution in [3.8, 4) is 0 Å². The fourth-order valence-corrected chi connectivity index (χ4v) is 3.72. The molecule has 5 heteroatoms. The van der Waals surface area contributed by atoms with Gasteiger partial charge >= 0.3 is 5.97 Å². The normalized spacial score (nSPS) is 32.1. The molecule has 0 bridgehead atoms. The Morgan fingerprint density at radius 1 is 1.35 bits per heavy atom. The molecule has 2 fully saturated rings. The van der Waals surface area contributed by atoms with Gasteiger partial charge in [0.2, 0.25) is 5.91 Å². The molecule has 20 heavy (non-hydrogen) atoms. The van der Waals surface area contributed by atoms with Gasteiger partial charge in [0.05, 0.1) is 11.8 Å². The maximum Gasteiger partial charge on any atom is 0.307 e. The van der Waals surface area contributed by atoms with Gasteiger partial charge in [-0.1, -0.05) is 20.8 Å². The fraction of sp³-hybridized carbons (Fsp3) is 0.867. The molecule has 114 valence electrons. The Bertz CT molecular complexity index is 408. The summed E-state index contributed by atoms with van der Waals surface area (Å²) in [5, 5.41) is 9.18. The van der Waals surface area contributed by atoms with E-state index >= 15 is 0 Å². The summed E-state index contributed by atoms with van der Waals surface area (Å²) in [6.07, 6.45) is 2.31. The molecule has 1 saturated heterocycles. The zero-order chi connectivity index (χ0) is 15.1. The minimum absolute atomic E-state index is 0.00893. The van der Waals surface area contributed by atoms with Crippen molar-refractivity contribution in [2.75, 3.05) is 26.7 Å². The van der Waals surface area contributed by atoms with Crippen molar-refractivity contribution in [2.45, 2.75) is 39.7 Å². The molecule has 0 spiro atoms. The molecule has 2 rings (SSSR count). The van der Waals surface area contributed by atoms with Gasteiger partial charge < -0.3 is 10.0 Å². The summed E-state index contributed by atoms with van der Waals surface area (Å²) < 4.78 is 0. The number of likely N-dealkylation sites (tertiary alicyclic amines) is 1. The predicted octanol–water partition coefficient (Wildman–Crippen LogP) is 1.29. The molecule has 1 heterocycles. The highest BCUT2D eigenvalue weighted by molar-refractivity contribution is 5.91. The quantitative estimate of drug-likeness (QED) is 0.825. The predicted molar refractivity (Wildman–Crippen MR) is 76.3 cm³/mol. The third kappa shape index (κ3) is 2.55. The van der Waals surface area contributed by atoms with E-state index in [4.69, 9.17) is 0 Å². The number of aliphatic carboxylic acids is 1. The van der Waals surface area contributed by atoms with Crippen LogP contribution in [-0.2, 0) is 9.59 Å². The Kier molecular flexibility index (Phi) is 4.09. The van der Waals surface area contributed by atoms with Crippen LogP contribution in [0.15, 0.2) is 0 Å². The lowest BCUT2D eigenvalue weighted by molar-refractivity contribution is -0.141. The van der Waals surface area contributed by atoms with Gasteiger partial charge in [-0.25, -0.2) is 0 Å². The molecule has 0 radical (unpaired) electrons. The first-order chi connectivity index (χ1) is 9.30. The lowest BCUT2D eigenvalue weighted by Crippen LogP contribution is -2.42. The van der Waals surface area contributed by atoms with Crippen LogP contribution in [0, 0.1) is 17.3 Å². The first-order valence-electron chi connectivity index (χ1n) is 7.52. The average molecular weight is 282 g/mol. The Morgan fingerprint density at radius 2 is 2.00 bits per heavy atom. The summed E-state index contributed by atoms with van der Waals surface area (Å²) in [5.41, 5.74) is -0.405. The van der Waals surface area contributed by atoms with Crippen LogP contribution in [0.1, 0.15) is 33.6 Å². The standard InChI is InChI=1S/C15H26N2O3/c1-5-17-8-6-7-10(17)9-16(4)13(18)11-12(14(19)20)15(11,2)3/h10-12H,5-9H2,1-4H3,(H,19,20)/t10?,11-,12+/m1/s1. The third-order valence-corrected chi connectivity index (χ3v) is 5.13. The molecule has 0 aromatic rings.